The molecule has 0 spiro atoms. The van der Waals surface area contributed by atoms with Crippen LogP contribution in [0.3, 0.4) is 0 Å². The lowest BCUT2D eigenvalue weighted by molar-refractivity contribution is -0.118. The van der Waals surface area contributed by atoms with Gasteiger partial charge in [-0.3, -0.25) is 4.79 Å². The van der Waals surface area contributed by atoms with Crippen LogP contribution < -0.4 is 5.32 Å². The fourth-order valence-electron chi connectivity index (χ4n) is 0.818. The van der Waals surface area contributed by atoms with Gasteiger partial charge in [0.2, 0.25) is 0 Å². The van der Waals surface area contributed by atoms with Crippen molar-refractivity contribution in [1.82, 2.24) is 5.32 Å². The molecule has 0 fully saturated rings. The number of carbonyl (C=O) groups excluding carboxylic acids is 2. The molecule has 0 aliphatic rings. The maximum absolute atomic E-state index is 11.1. The zero-order chi connectivity index (χ0) is 10.3. The Kier molecular flexibility index (Phi) is 6.32. The number of ether oxygens (including phenoxy) is 1. The minimum absolute atomic E-state index is 0.0923. The summed E-state index contributed by atoms with van der Waals surface area (Å²) in [5.74, 6) is -0.289. The lowest BCUT2D eigenvalue weighted by Crippen LogP contribution is -2.41. The summed E-state index contributed by atoms with van der Waals surface area (Å²) in [6.45, 7) is 3.78. The van der Waals surface area contributed by atoms with E-state index < -0.39 is 12.1 Å². The quantitative estimate of drug-likeness (QED) is 0.692. The number of amides is 1. The summed E-state index contributed by atoms with van der Waals surface area (Å²) in [6.07, 6.45) is -0.0579. The Balaban J connectivity index is 3.97. The zero-order valence-electron chi connectivity index (χ0n) is 7.80. The van der Waals surface area contributed by atoms with Crippen LogP contribution in [0.15, 0.2) is 0 Å². The van der Waals surface area contributed by atoms with Crippen LogP contribution in [0, 0.1) is 0 Å². The van der Waals surface area contributed by atoms with Crippen LogP contribution >= 0.6 is 11.6 Å². The van der Waals surface area contributed by atoms with E-state index in [1.165, 1.54) is 0 Å². The molecular weight excluding hydrogens is 194 g/mol. The number of ketones is 1. The van der Waals surface area contributed by atoms with Crippen molar-refractivity contribution in [2.75, 3.05) is 12.5 Å². The molecule has 76 valence electrons. The maximum Gasteiger partial charge on any atom is 0.407 e. The topological polar surface area (TPSA) is 55.4 Å². The Morgan fingerprint density at radius 1 is 1.46 bits per heavy atom. The van der Waals surface area contributed by atoms with Gasteiger partial charge in [0.15, 0.2) is 5.78 Å². The van der Waals surface area contributed by atoms with Crippen molar-refractivity contribution in [2.45, 2.75) is 26.3 Å². The molecule has 0 bridgehead atoms. The first-order chi connectivity index (χ1) is 6.15. The monoisotopic (exact) mass is 207 g/mol. The molecule has 4 nitrogen and oxygen atoms in total. The highest BCUT2D eigenvalue weighted by molar-refractivity contribution is 6.28. The molecular formula is C8H14ClNO3. The molecule has 1 unspecified atom stereocenters. The summed E-state index contributed by atoms with van der Waals surface area (Å²) in [6, 6.07) is -0.531. The first-order valence-electron chi connectivity index (χ1n) is 4.17. The van der Waals surface area contributed by atoms with Gasteiger partial charge in [0.1, 0.15) is 0 Å². The van der Waals surface area contributed by atoms with Gasteiger partial charge in [0, 0.05) is 0 Å². The smallest absolute Gasteiger partial charge is 0.407 e. The largest absolute Gasteiger partial charge is 0.450 e. The highest BCUT2D eigenvalue weighted by atomic mass is 35.5. The number of hydrogen-bond acceptors (Lipinski definition) is 3. The molecule has 5 heteroatoms. The van der Waals surface area contributed by atoms with Crippen LogP contribution in [-0.2, 0) is 9.53 Å². The van der Waals surface area contributed by atoms with E-state index in [1.807, 2.05) is 0 Å². The van der Waals surface area contributed by atoms with E-state index in [-0.39, 0.29) is 18.3 Å². The molecule has 0 aromatic heterocycles. The van der Waals surface area contributed by atoms with Gasteiger partial charge in [-0.2, -0.15) is 0 Å². The minimum Gasteiger partial charge on any atom is -0.450 e. The molecule has 13 heavy (non-hydrogen) atoms. The van der Waals surface area contributed by atoms with Crippen molar-refractivity contribution in [2.24, 2.45) is 0 Å². The maximum atomic E-state index is 11.1. The van der Waals surface area contributed by atoms with Crippen LogP contribution in [0.25, 0.3) is 0 Å². The molecule has 0 aliphatic carbocycles. The van der Waals surface area contributed by atoms with Gasteiger partial charge in [-0.15, -0.1) is 11.6 Å². The Morgan fingerprint density at radius 2 is 2.08 bits per heavy atom. The molecule has 0 saturated heterocycles. The van der Waals surface area contributed by atoms with Crippen molar-refractivity contribution in [3.05, 3.63) is 0 Å². The molecule has 1 amide bonds. The number of hydrogen-bond donors (Lipinski definition) is 1. The Bertz CT molecular complexity index is 184. The number of rotatable bonds is 5. The third-order valence-electron chi connectivity index (χ3n) is 1.50. The SMILES string of the molecule is CCOC(=O)NC(CC)C(=O)CCl. The highest BCUT2D eigenvalue weighted by Crippen LogP contribution is 1.96. The summed E-state index contributed by atoms with van der Waals surface area (Å²) in [5.41, 5.74) is 0. The Hall–Kier alpha value is -0.770. The number of carbonyl (C=O) groups is 2. The van der Waals surface area contributed by atoms with E-state index in [0.29, 0.717) is 6.42 Å². The second kappa shape index (κ2) is 6.71. The lowest BCUT2D eigenvalue weighted by Gasteiger charge is -2.13. The van der Waals surface area contributed by atoms with Gasteiger partial charge in [0.05, 0.1) is 18.5 Å². The molecule has 1 N–H and O–H groups in total. The predicted molar refractivity (Wildman–Crippen MR) is 50.0 cm³/mol. The summed E-state index contributed by atoms with van der Waals surface area (Å²) >= 11 is 5.34. The second-order valence-corrected chi connectivity index (χ2v) is 2.69. The molecule has 1 atom stereocenters. The predicted octanol–water partition coefficient (Wildman–Crippen LogP) is 1.32. The third kappa shape index (κ3) is 4.72. The van der Waals surface area contributed by atoms with E-state index in [1.54, 1.807) is 13.8 Å². The molecule has 0 radical (unpaired) electrons. The molecule has 0 aromatic rings. The van der Waals surface area contributed by atoms with Crippen molar-refractivity contribution < 1.29 is 14.3 Å². The van der Waals surface area contributed by atoms with Gasteiger partial charge in [-0.05, 0) is 13.3 Å². The van der Waals surface area contributed by atoms with Crippen LogP contribution in [0.5, 0.6) is 0 Å². The summed E-state index contributed by atoms with van der Waals surface area (Å²) in [4.78, 5) is 22.0. The van der Waals surface area contributed by atoms with Crippen molar-refractivity contribution in [3.8, 4) is 0 Å². The summed E-state index contributed by atoms with van der Waals surface area (Å²) < 4.78 is 4.62. The average molecular weight is 208 g/mol. The molecule has 0 heterocycles. The van der Waals surface area contributed by atoms with Crippen LogP contribution in [0.2, 0.25) is 0 Å². The van der Waals surface area contributed by atoms with Gasteiger partial charge >= 0.3 is 6.09 Å². The fourth-order valence-corrected chi connectivity index (χ4v) is 1.00. The number of alkyl halides is 1. The van der Waals surface area contributed by atoms with E-state index in [4.69, 9.17) is 11.6 Å². The standard InChI is InChI=1S/C8H14ClNO3/c1-3-6(7(11)5-9)10-8(12)13-4-2/h6H,3-5H2,1-2H3,(H,10,12). The lowest BCUT2D eigenvalue weighted by atomic mass is 10.1. The number of Topliss-reactive ketones (excluding diaryl/α,β-unsaturated/α-hetero) is 1. The third-order valence-corrected chi connectivity index (χ3v) is 1.76. The Labute approximate surface area is 82.6 Å². The van der Waals surface area contributed by atoms with Crippen LogP contribution in [0.4, 0.5) is 4.79 Å². The molecule has 0 saturated carbocycles. The second-order valence-electron chi connectivity index (χ2n) is 2.43. The van der Waals surface area contributed by atoms with Gasteiger partial charge in [-0.25, -0.2) is 4.79 Å². The van der Waals surface area contributed by atoms with E-state index in [9.17, 15) is 9.59 Å². The van der Waals surface area contributed by atoms with Crippen LogP contribution in [-0.4, -0.2) is 30.4 Å². The normalized spacial score (nSPS) is 11.9. The average Bonchev–Trinajstić information content (AvgIpc) is 2.13. The Morgan fingerprint density at radius 3 is 2.46 bits per heavy atom. The molecule has 0 aliphatic heterocycles. The fraction of sp³-hybridized carbons (Fsp3) is 0.750. The number of nitrogens with one attached hydrogen (secondary N) is 1. The van der Waals surface area contributed by atoms with Gasteiger partial charge in [0.25, 0.3) is 0 Å². The molecule has 0 aromatic carbocycles. The minimum atomic E-state index is -0.576. The van der Waals surface area contributed by atoms with Crippen molar-refractivity contribution >= 4 is 23.5 Å². The first-order valence-corrected chi connectivity index (χ1v) is 4.71. The summed E-state index contributed by atoms with van der Waals surface area (Å²) in [7, 11) is 0. The first kappa shape index (κ1) is 12.2. The van der Waals surface area contributed by atoms with Gasteiger partial charge < -0.3 is 10.1 Å². The number of halogens is 1. The van der Waals surface area contributed by atoms with Crippen LogP contribution in [0.1, 0.15) is 20.3 Å². The number of alkyl carbamates (subject to hydrolysis) is 1. The summed E-state index contributed by atoms with van der Waals surface area (Å²) in [5, 5.41) is 2.42. The van der Waals surface area contributed by atoms with E-state index in [2.05, 4.69) is 10.1 Å². The zero-order valence-corrected chi connectivity index (χ0v) is 8.56. The highest BCUT2D eigenvalue weighted by Gasteiger charge is 2.17. The van der Waals surface area contributed by atoms with Crippen molar-refractivity contribution in [3.63, 3.8) is 0 Å². The van der Waals surface area contributed by atoms with Gasteiger partial charge in [-0.1, -0.05) is 6.92 Å². The van der Waals surface area contributed by atoms with Crippen molar-refractivity contribution in [1.29, 1.82) is 0 Å². The van der Waals surface area contributed by atoms with E-state index in [0.717, 1.165) is 0 Å². The van der Waals surface area contributed by atoms with E-state index >= 15 is 0 Å². The molecule has 0 rings (SSSR count).